The molecule has 0 bridgehead atoms. The van der Waals surface area contributed by atoms with E-state index in [9.17, 15) is 39.3 Å². The molecule has 0 spiro atoms. The van der Waals surface area contributed by atoms with Gasteiger partial charge in [-0.05, 0) is 160 Å². The van der Waals surface area contributed by atoms with Gasteiger partial charge in [0, 0.05) is 48.9 Å². The van der Waals surface area contributed by atoms with E-state index in [2.05, 4.69) is 41.5 Å². The van der Waals surface area contributed by atoms with Gasteiger partial charge in [-0.3, -0.25) is 14.4 Å². The first kappa shape index (κ1) is 45.4. The standard InChI is InChI=1S/2C24H38O5/c1-14(4-7-20(27)28)16-5-6-17-21-18(9-10-22(16,17)2)23(3)11-8-15(26)12-24(23,29)19(21)13-25;1-15(4-7-22(28)29)18-5-6-19-17(10-13-25)20(9-12-23(18,19)2)24(3)11-8-16(26)14-21(24)27/h13-19,21,26,29H,4-12H2,1-3H3,(H,27,28);13,15-20,26H,4-12,14H2,1-3H3,(H,28,29)/t14-,15+,16-,17?,18?,19-,21?,22-,23-,24-;15-,16+,17?,18-,19?,20?,23-,24-/m11/s1. The van der Waals surface area contributed by atoms with Crippen LogP contribution in [0.1, 0.15) is 164 Å². The van der Waals surface area contributed by atoms with E-state index in [1.807, 2.05) is 0 Å². The van der Waals surface area contributed by atoms with E-state index in [0.717, 1.165) is 76.8 Å². The maximum Gasteiger partial charge on any atom is 0.303 e. The highest BCUT2D eigenvalue weighted by atomic mass is 16.4. The molecule has 0 saturated heterocycles. The molecule has 7 aliphatic carbocycles. The second-order valence-corrected chi connectivity index (χ2v) is 22.0. The Kier molecular flexibility index (Phi) is 13.3. The number of carboxylic acids is 2. The van der Waals surface area contributed by atoms with E-state index in [-0.39, 0.29) is 59.0 Å². The number of rotatable bonds is 12. The van der Waals surface area contributed by atoms with Crippen LogP contribution in [0.4, 0.5) is 0 Å². The van der Waals surface area contributed by atoms with E-state index in [4.69, 9.17) is 10.2 Å². The van der Waals surface area contributed by atoms with Gasteiger partial charge in [0.25, 0.3) is 0 Å². The van der Waals surface area contributed by atoms with E-state index in [0.29, 0.717) is 80.0 Å². The van der Waals surface area contributed by atoms with Crippen molar-refractivity contribution in [3.8, 4) is 0 Å². The largest absolute Gasteiger partial charge is 0.481 e. The molecule has 0 aromatic rings. The zero-order valence-corrected chi connectivity index (χ0v) is 36.4. The molecule has 0 heterocycles. The van der Waals surface area contributed by atoms with Gasteiger partial charge in [-0.15, -0.1) is 0 Å². The van der Waals surface area contributed by atoms with Gasteiger partial charge in [-0.2, -0.15) is 0 Å². The number of fused-ring (bicyclic) bond motifs is 6. The molecule has 0 amide bonds. The predicted molar refractivity (Wildman–Crippen MR) is 219 cm³/mol. The van der Waals surface area contributed by atoms with Crippen LogP contribution in [0.3, 0.4) is 0 Å². The summed E-state index contributed by atoms with van der Waals surface area (Å²) in [5.74, 6) is 1.76. The lowest BCUT2D eigenvalue weighted by Gasteiger charge is -2.54. The normalized spacial score (nSPS) is 47.9. The minimum atomic E-state index is -1.10. The number of aliphatic hydroxyl groups is 3. The van der Waals surface area contributed by atoms with Crippen molar-refractivity contribution in [1.29, 1.82) is 0 Å². The SMILES string of the molecule is C[C@H](CCC(=O)O)[C@H]1CCC2C(CC=O)C([C@@]3(C)CC[C@H](O)CC3=O)CC[C@@]21C.C[C@H](CCC(=O)O)[C@H]1CCC2C3C(CC[C@@]21C)[C@@]1(C)CC[C@H](O)C[C@@]1(O)[C@@H]3C=O. The number of aliphatic hydroxyl groups excluding tert-OH is 2. The minimum absolute atomic E-state index is 0.110. The highest BCUT2D eigenvalue weighted by Crippen LogP contribution is 2.73. The molecule has 58 heavy (non-hydrogen) atoms. The number of ketones is 1. The molecule has 10 heteroatoms. The van der Waals surface area contributed by atoms with Crippen LogP contribution >= 0.6 is 0 Å². The summed E-state index contributed by atoms with van der Waals surface area (Å²) in [6.07, 6.45) is 15.3. The molecular formula is C48H76O10. The highest BCUT2D eigenvalue weighted by molar-refractivity contribution is 5.86. The summed E-state index contributed by atoms with van der Waals surface area (Å²) in [5.41, 5.74) is -1.59. The second-order valence-electron chi connectivity index (χ2n) is 22.0. The number of Topliss-reactive ketones (excluding diaryl/α,β-unsaturated/α-hetero) is 1. The molecule has 0 aromatic heterocycles. The highest BCUT2D eigenvalue weighted by Gasteiger charge is 2.72. The van der Waals surface area contributed by atoms with Gasteiger partial charge in [0.2, 0.25) is 0 Å². The summed E-state index contributed by atoms with van der Waals surface area (Å²) in [6.45, 7) is 13.4. The number of carboxylic acid groups (broad SMARTS) is 2. The van der Waals surface area contributed by atoms with Crippen molar-refractivity contribution in [2.24, 2.45) is 86.8 Å². The Labute approximate surface area is 347 Å². The Bertz CT molecular complexity index is 1550. The first-order valence-corrected chi connectivity index (χ1v) is 23.2. The average molecular weight is 813 g/mol. The second kappa shape index (κ2) is 16.9. The summed E-state index contributed by atoms with van der Waals surface area (Å²) in [6, 6.07) is 0. The fourth-order valence-corrected chi connectivity index (χ4v) is 16.5. The van der Waals surface area contributed by atoms with Crippen LogP contribution in [-0.2, 0) is 24.0 Å². The summed E-state index contributed by atoms with van der Waals surface area (Å²) in [5, 5.41) is 50.2. The summed E-state index contributed by atoms with van der Waals surface area (Å²) in [7, 11) is 0. The molecule has 10 nitrogen and oxygen atoms in total. The molecule has 7 rings (SSSR count). The van der Waals surface area contributed by atoms with Crippen molar-refractivity contribution < 1.29 is 49.5 Å². The molecule has 0 aliphatic heterocycles. The van der Waals surface area contributed by atoms with Gasteiger partial charge in [-0.25, -0.2) is 0 Å². The van der Waals surface area contributed by atoms with Gasteiger partial charge in [0.15, 0.2) is 0 Å². The quantitative estimate of drug-likeness (QED) is 0.121. The molecule has 7 fully saturated rings. The van der Waals surface area contributed by atoms with Gasteiger partial charge in [-0.1, -0.05) is 41.5 Å². The van der Waals surface area contributed by atoms with Crippen LogP contribution in [-0.4, -0.2) is 73.6 Å². The van der Waals surface area contributed by atoms with Crippen molar-refractivity contribution >= 4 is 30.3 Å². The van der Waals surface area contributed by atoms with Crippen molar-refractivity contribution in [3.63, 3.8) is 0 Å². The Morgan fingerprint density at radius 3 is 1.78 bits per heavy atom. The van der Waals surface area contributed by atoms with E-state index >= 15 is 0 Å². The van der Waals surface area contributed by atoms with Crippen LogP contribution in [0.5, 0.6) is 0 Å². The number of hydrogen-bond donors (Lipinski definition) is 5. The lowest BCUT2D eigenvalue weighted by Crippen LogP contribution is -2.54. The number of carbonyl (C=O) groups is 5. The number of hydrogen-bond acceptors (Lipinski definition) is 8. The Hall–Kier alpha value is -2.17. The van der Waals surface area contributed by atoms with Crippen molar-refractivity contribution in [3.05, 3.63) is 0 Å². The zero-order valence-electron chi connectivity index (χ0n) is 36.4. The fraction of sp³-hybridized carbons (Fsp3) is 0.896. The van der Waals surface area contributed by atoms with Crippen molar-refractivity contribution in [1.82, 2.24) is 0 Å². The smallest absolute Gasteiger partial charge is 0.303 e. The predicted octanol–water partition coefficient (Wildman–Crippen LogP) is 7.91. The fourth-order valence-electron chi connectivity index (χ4n) is 16.5. The Morgan fingerprint density at radius 1 is 0.707 bits per heavy atom. The molecule has 0 radical (unpaired) electrons. The summed E-state index contributed by atoms with van der Waals surface area (Å²) in [4.78, 5) is 59.1. The van der Waals surface area contributed by atoms with Crippen LogP contribution in [0, 0.1) is 86.8 Å². The lowest BCUT2D eigenvalue weighted by molar-refractivity contribution is -0.156. The first-order chi connectivity index (χ1) is 27.2. The molecule has 5 N–H and O–H groups in total. The van der Waals surface area contributed by atoms with Gasteiger partial charge >= 0.3 is 11.9 Å². The molecule has 328 valence electrons. The third kappa shape index (κ3) is 7.58. The van der Waals surface area contributed by atoms with E-state index in [1.165, 1.54) is 0 Å². The van der Waals surface area contributed by atoms with Crippen LogP contribution in [0.25, 0.3) is 0 Å². The molecule has 18 atom stereocenters. The monoisotopic (exact) mass is 813 g/mol. The van der Waals surface area contributed by atoms with E-state index < -0.39 is 41.1 Å². The molecule has 7 aliphatic rings. The Balaban J connectivity index is 0.000000196. The number of carbonyl (C=O) groups excluding carboxylic acids is 3. The average Bonchev–Trinajstić information content (AvgIpc) is 3.76. The third-order valence-electron chi connectivity index (χ3n) is 19.6. The number of aliphatic carboxylic acids is 2. The van der Waals surface area contributed by atoms with Gasteiger partial charge in [0.05, 0.1) is 17.8 Å². The Morgan fingerprint density at radius 2 is 1.24 bits per heavy atom. The molecular weight excluding hydrogens is 737 g/mol. The first-order valence-electron chi connectivity index (χ1n) is 23.2. The number of aldehydes is 2. The summed E-state index contributed by atoms with van der Waals surface area (Å²) < 4.78 is 0. The summed E-state index contributed by atoms with van der Waals surface area (Å²) >= 11 is 0. The van der Waals surface area contributed by atoms with Crippen molar-refractivity contribution in [2.75, 3.05) is 0 Å². The lowest BCUT2D eigenvalue weighted by atomic mass is 9.49. The van der Waals surface area contributed by atoms with Crippen LogP contribution < -0.4 is 0 Å². The maximum atomic E-state index is 13.0. The van der Waals surface area contributed by atoms with Gasteiger partial charge in [0.1, 0.15) is 18.4 Å². The van der Waals surface area contributed by atoms with Gasteiger partial charge < -0.3 is 35.1 Å². The molecule has 0 aromatic carbocycles. The zero-order chi connectivity index (χ0) is 42.6. The van der Waals surface area contributed by atoms with Crippen LogP contribution in [0.15, 0.2) is 0 Å². The van der Waals surface area contributed by atoms with Crippen LogP contribution in [0.2, 0.25) is 0 Å². The third-order valence-corrected chi connectivity index (χ3v) is 19.6. The topological polar surface area (TPSA) is 186 Å². The maximum absolute atomic E-state index is 13.0. The minimum Gasteiger partial charge on any atom is -0.481 e. The van der Waals surface area contributed by atoms with E-state index in [1.54, 1.807) is 0 Å². The van der Waals surface area contributed by atoms with Crippen molar-refractivity contribution in [2.45, 2.75) is 181 Å². The molecule has 7 saturated carbocycles. The molecule has 6 unspecified atom stereocenters.